The first-order valence-corrected chi connectivity index (χ1v) is 28.0. The lowest BCUT2D eigenvalue weighted by molar-refractivity contribution is -0.117. The van der Waals surface area contributed by atoms with Crippen LogP contribution in [-0.2, 0) is 41.5 Å². The van der Waals surface area contributed by atoms with Gasteiger partial charge in [-0.25, -0.2) is 29.9 Å². The molecule has 0 aliphatic carbocycles. The number of furan rings is 2. The molecule has 26 heteroatoms. The van der Waals surface area contributed by atoms with Crippen molar-refractivity contribution in [2.75, 3.05) is 64.1 Å². The molecule has 4 amide bonds. The standard InChI is InChI=1S/C26H23ClN6O4.C23H25BClN3O4.C9H10BrN3O2.CH4/c27-21-11-17(19-13-31-25(32-14-19)26(35)33-5-7-36-8-6-33)9-18-10-20(37-24(18)21)15-30-23(34)4-2-16-1-3-22(28)29-12-16;1-22(2)23(3,4)32-24(31-22)16-9-15-10-17(30-21(15)18(25)11-16)13-28-20(29)8-6-14-5-7-19(26)27-12-14;10-7-5-11-8(12-6-7)9(14)13-1-3-15-4-2-13;/h1-4,9-14H,5-8,15H2,(H2,28,29)(H,30,34);5-12H,13H2,1-4H3,(H2,26,27)(H,28,29);5-6H,1-4H2;1H4/b4-2+;8-6+;;. The van der Waals surface area contributed by atoms with E-state index in [1.807, 2.05) is 52.0 Å². The summed E-state index contributed by atoms with van der Waals surface area (Å²) in [6.07, 6.45) is 15.7. The molecule has 85 heavy (non-hydrogen) atoms. The average Bonchev–Trinajstić information content (AvgIpc) is 2.38. The highest BCUT2D eigenvalue weighted by Gasteiger charge is 2.52. The van der Waals surface area contributed by atoms with Crippen molar-refractivity contribution in [3.63, 3.8) is 0 Å². The van der Waals surface area contributed by atoms with Crippen LogP contribution in [0.15, 0.2) is 123 Å². The number of rotatable bonds is 12. The van der Waals surface area contributed by atoms with Crippen molar-refractivity contribution in [1.82, 2.24) is 50.3 Å². The van der Waals surface area contributed by atoms with E-state index >= 15 is 0 Å². The van der Waals surface area contributed by atoms with Crippen LogP contribution in [0.4, 0.5) is 11.6 Å². The molecule has 0 radical (unpaired) electrons. The van der Waals surface area contributed by atoms with E-state index in [2.05, 4.69) is 56.5 Å². The number of ether oxygens (including phenoxy) is 2. The molecule has 3 fully saturated rings. The van der Waals surface area contributed by atoms with Gasteiger partial charge in [0.25, 0.3) is 11.8 Å². The van der Waals surface area contributed by atoms with E-state index in [-0.39, 0.29) is 55.8 Å². The number of halogens is 3. The monoisotopic (exact) mass is 1260 g/mol. The Kier molecular flexibility index (Phi) is 20.9. The zero-order valence-corrected chi connectivity index (χ0v) is 49.2. The molecule has 6 aromatic heterocycles. The number of amides is 4. The highest BCUT2D eigenvalue weighted by atomic mass is 79.9. The minimum absolute atomic E-state index is 0. The van der Waals surface area contributed by atoms with E-state index in [1.54, 1.807) is 95.5 Å². The third kappa shape index (κ3) is 16.4. The van der Waals surface area contributed by atoms with Crippen LogP contribution in [0.25, 0.3) is 45.2 Å². The number of nitrogen functional groups attached to an aromatic ring is 2. The van der Waals surface area contributed by atoms with Crippen LogP contribution in [0.2, 0.25) is 10.0 Å². The Hall–Kier alpha value is -8.10. The lowest BCUT2D eigenvalue weighted by Crippen LogP contribution is -2.41. The molecular formula is C59H62BBrCl2N12O10. The quantitative estimate of drug-likeness (QED) is 0.0660. The van der Waals surface area contributed by atoms with Crippen LogP contribution >= 0.6 is 39.1 Å². The molecule has 11 rings (SSSR count). The van der Waals surface area contributed by atoms with Gasteiger partial charge in [-0.2, -0.15) is 0 Å². The molecule has 2 aromatic carbocycles. The summed E-state index contributed by atoms with van der Waals surface area (Å²) in [5, 5.41) is 8.03. The molecule has 6 N–H and O–H groups in total. The number of carbonyl (C=O) groups excluding carboxylic acids is 4. The topological polar surface area (TPSA) is 291 Å². The summed E-state index contributed by atoms with van der Waals surface area (Å²) in [5.41, 5.74) is 15.1. The third-order valence-electron chi connectivity index (χ3n) is 13.7. The predicted molar refractivity (Wildman–Crippen MR) is 328 cm³/mol. The molecule has 9 heterocycles. The zero-order valence-electron chi connectivity index (χ0n) is 46.1. The van der Waals surface area contributed by atoms with E-state index in [1.165, 1.54) is 12.2 Å². The van der Waals surface area contributed by atoms with E-state index in [0.717, 1.165) is 37.4 Å². The van der Waals surface area contributed by atoms with Crippen LogP contribution < -0.4 is 27.6 Å². The molecule has 0 atom stereocenters. The first kappa shape index (κ1) is 62.9. The number of nitrogens with zero attached hydrogens (tertiary/aromatic N) is 8. The van der Waals surface area contributed by atoms with Crippen molar-refractivity contribution in [2.24, 2.45) is 0 Å². The Balaban J connectivity index is 0.000000178. The number of nitrogens with two attached hydrogens (primary N) is 2. The highest BCUT2D eigenvalue weighted by molar-refractivity contribution is 9.10. The highest BCUT2D eigenvalue weighted by Crippen LogP contribution is 2.38. The van der Waals surface area contributed by atoms with Gasteiger partial charge in [0.2, 0.25) is 23.5 Å². The van der Waals surface area contributed by atoms with Crippen molar-refractivity contribution in [1.29, 1.82) is 0 Å². The smallest absolute Gasteiger partial charge is 0.458 e. The summed E-state index contributed by atoms with van der Waals surface area (Å²) in [4.78, 5) is 76.6. The van der Waals surface area contributed by atoms with Crippen molar-refractivity contribution in [2.45, 2.75) is 59.4 Å². The fraction of sp³-hybridized carbons (Fsp3) is 0.288. The minimum atomic E-state index is -0.520. The minimum Gasteiger partial charge on any atom is -0.458 e. The van der Waals surface area contributed by atoms with Crippen LogP contribution in [-0.4, -0.2) is 134 Å². The number of hydrogen-bond acceptors (Lipinski definition) is 18. The van der Waals surface area contributed by atoms with Crippen LogP contribution in [0.1, 0.15) is 79.0 Å². The van der Waals surface area contributed by atoms with Gasteiger partial charge in [-0.15, -0.1) is 0 Å². The average molecular weight is 1260 g/mol. The fourth-order valence-corrected chi connectivity index (χ4v) is 9.22. The summed E-state index contributed by atoms with van der Waals surface area (Å²) in [6.45, 7) is 12.9. The first-order valence-electron chi connectivity index (χ1n) is 26.5. The second-order valence-corrected chi connectivity index (χ2v) is 22.0. The molecule has 0 spiro atoms. The number of anilines is 2. The van der Waals surface area contributed by atoms with Crippen molar-refractivity contribution in [3.8, 4) is 11.1 Å². The van der Waals surface area contributed by atoms with Crippen LogP contribution in [0.3, 0.4) is 0 Å². The summed E-state index contributed by atoms with van der Waals surface area (Å²) >= 11 is 16.2. The van der Waals surface area contributed by atoms with Gasteiger partial charge in [-0.05, 0) is 133 Å². The lowest BCUT2D eigenvalue weighted by Gasteiger charge is -2.32. The maximum Gasteiger partial charge on any atom is 0.494 e. The SMILES string of the molecule is C.CC1(C)OB(c2cc(Cl)c3oc(CNC(=O)/C=C/c4ccc(N)nc4)cc3c2)OC1(C)C.Nc1ccc(/C=C/C(=O)NCc2cc3cc(-c4cnc(C(=O)N5CCOCC5)nc4)cc(Cl)c3o2)cn1.O=C(c1ncc(Br)cn1)N1CCOCC1. The Morgan fingerprint density at radius 1 is 0.600 bits per heavy atom. The second kappa shape index (κ2) is 28.2. The Morgan fingerprint density at radius 2 is 1.04 bits per heavy atom. The van der Waals surface area contributed by atoms with Gasteiger partial charge in [0.05, 0.1) is 65.2 Å². The number of carbonyl (C=O) groups is 4. The normalized spacial score (nSPS) is 15.4. The fourth-order valence-electron chi connectivity index (χ4n) is 8.47. The summed E-state index contributed by atoms with van der Waals surface area (Å²) in [7, 11) is -0.520. The molecule has 0 saturated carbocycles. The van der Waals surface area contributed by atoms with Crippen LogP contribution in [0, 0.1) is 0 Å². The predicted octanol–water partition coefficient (Wildman–Crippen LogP) is 8.36. The maximum atomic E-state index is 12.6. The number of morpholine rings is 2. The molecule has 0 bridgehead atoms. The molecule has 3 saturated heterocycles. The lowest BCUT2D eigenvalue weighted by atomic mass is 9.78. The van der Waals surface area contributed by atoms with Gasteiger partial charge in [-0.1, -0.05) is 36.7 Å². The number of fused-ring (bicyclic) bond motifs is 2. The third-order valence-corrected chi connectivity index (χ3v) is 14.7. The van der Waals surface area contributed by atoms with Gasteiger partial charge in [-0.3, -0.25) is 19.2 Å². The second-order valence-electron chi connectivity index (χ2n) is 20.3. The summed E-state index contributed by atoms with van der Waals surface area (Å²) < 4.78 is 35.2. The maximum absolute atomic E-state index is 12.6. The van der Waals surface area contributed by atoms with Crippen molar-refractivity contribution < 1.29 is 46.8 Å². The summed E-state index contributed by atoms with van der Waals surface area (Å²) in [6, 6.07) is 17.9. The van der Waals surface area contributed by atoms with Crippen molar-refractivity contribution >= 4 is 121 Å². The number of benzene rings is 2. The Labute approximate surface area is 508 Å². The first-order chi connectivity index (χ1) is 40.3. The van der Waals surface area contributed by atoms with E-state index < -0.39 is 18.3 Å². The molecular weight excluding hydrogens is 1200 g/mol. The van der Waals surface area contributed by atoms with E-state index in [0.29, 0.717) is 103 Å². The molecule has 3 aliphatic heterocycles. The number of hydrogen-bond donors (Lipinski definition) is 4. The molecule has 0 unspecified atom stereocenters. The van der Waals surface area contributed by atoms with Gasteiger partial charge in [0.1, 0.15) is 23.2 Å². The van der Waals surface area contributed by atoms with Gasteiger partial charge in [0, 0.05) is 91.8 Å². The van der Waals surface area contributed by atoms with Gasteiger partial charge >= 0.3 is 7.12 Å². The van der Waals surface area contributed by atoms with Crippen molar-refractivity contribution in [3.05, 3.63) is 159 Å². The molecule has 442 valence electrons. The molecule has 22 nitrogen and oxygen atoms in total. The zero-order chi connectivity index (χ0) is 59.5. The Morgan fingerprint density at radius 3 is 1.48 bits per heavy atom. The Bertz CT molecular complexity index is 3690. The molecule has 8 aromatic rings. The largest absolute Gasteiger partial charge is 0.494 e. The van der Waals surface area contributed by atoms with Crippen LogP contribution in [0.5, 0.6) is 0 Å². The summed E-state index contributed by atoms with van der Waals surface area (Å²) in [5.74, 6) is 1.46. The number of aromatic nitrogens is 6. The van der Waals surface area contributed by atoms with E-state index in [4.69, 9.17) is 62.3 Å². The van der Waals surface area contributed by atoms with Gasteiger partial charge in [0.15, 0.2) is 11.2 Å². The molecule has 3 aliphatic rings. The van der Waals surface area contributed by atoms with E-state index in [9.17, 15) is 19.2 Å². The van der Waals surface area contributed by atoms with Gasteiger partial charge < -0.3 is 59.5 Å². The number of pyridine rings is 2. The number of nitrogens with one attached hydrogen (secondary N) is 2.